The minimum Gasteiger partial charge on any atom is -0.312 e. The van der Waals surface area contributed by atoms with Crippen LogP contribution in [0.15, 0.2) is 78.0 Å². The van der Waals surface area contributed by atoms with E-state index in [4.69, 9.17) is 0 Å². The lowest BCUT2D eigenvalue weighted by Crippen LogP contribution is -2.17. The molecule has 1 N–H and O–H groups in total. The van der Waals surface area contributed by atoms with Crippen molar-refractivity contribution in [3.63, 3.8) is 0 Å². The number of benzene rings is 3. The van der Waals surface area contributed by atoms with Crippen LogP contribution in [0.25, 0.3) is 16.5 Å². The number of aromatic nitrogens is 4. The summed E-state index contributed by atoms with van der Waals surface area (Å²) in [5.41, 5.74) is 2.30. The number of nitrogens with one attached hydrogen (secondary N) is 1. The summed E-state index contributed by atoms with van der Waals surface area (Å²) in [5, 5.41) is 18.9. The summed E-state index contributed by atoms with van der Waals surface area (Å²) < 4.78 is 1.77. The molecule has 5 nitrogen and oxygen atoms in total. The summed E-state index contributed by atoms with van der Waals surface area (Å²) in [6, 6.07) is 24.9. The van der Waals surface area contributed by atoms with Crippen molar-refractivity contribution in [1.82, 2.24) is 25.5 Å². The number of halogens is 1. The maximum absolute atomic E-state index is 4.13. The van der Waals surface area contributed by atoms with Gasteiger partial charge in [0.05, 0.1) is 5.69 Å². The Labute approximate surface area is 168 Å². The molecule has 0 atom stereocenters. The van der Waals surface area contributed by atoms with Gasteiger partial charge in [-0.05, 0) is 38.9 Å². The zero-order chi connectivity index (χ0) is 17.6. The van der Waals surface area contributed by atoms with Gasteiger partial charge in [-0.3, -0.25) is 0 Å². The van der Waals surface area contributed by atoms with E-state index in [1.165, 1.54) is 16.3 Å². The first-order chi connectivity index (χ1) is 12.9. The third-order valence-corrected chi connectivity index (χ3v) is 5.07. The second kappa shape index (κ2) is 9.50. The van der Waals surface area contributed by atoms with E-state index >= 15 is 0 Å². The van der Waals surface area contributed by atoms with Gasteiger partial charge in [0, 0.05) is 18.8 Å². The highest BCUT2D eigenvalue weighted by molar-refractivity contribution is 7.99. The molecule has 1 heterocycles. The van der Waals surface area contributed by atoms with E-state index in [0.29, 0.717) is 0 Å². The van der Waals surface area contributed by atoms with Crippen molar-refractivity contribution in [2.45, 2.75) is 11.7 Å². The first-order valence-electron chi connectivity index (χ1n) is 8.56. The van der Waals surface area contributed by atoms with Crippen LogP contribution in [-0.4, -0.2) is 32.5 Å². The third-order valence-electron chi connectivity index (χ3n) is 4.15. The highest BCUT2D eigenvalue weighted by atomic mass is 35.5. The summed E-state index contributed by atoms with van der Waals surface area (Å²) in [5.74, 6) is 0.901. The van der Waals surface area contributed by atoms with Gasteiger partial charge in [-0.15, -0.1) is 17.5 Å². The van der Waals surface area contributed by atoms with Crippen LogP contribution in [0, 0.1) is 0 Å². The Balaban J connectivity index is 0.00000210. The molecule has 0 radical (unpaired) electrons. The van der Waals surface area contributed by atoms with Gasteiger partial charge in [0.25, 0.3) is 0 Å². The largest absolute Gasteiger partial charge is 0.312 e. The molecular formula is C20H20ClN5S. The molecule has 0 aliphatic rings. The zero-order valence-corrected chi connectivity index (χ0v) is 16.3. The van der Waals surface area contributed by atoms with Gasteiger partial charge in [-0.25, -0.2) is 0 Å². The average Bonchev–Trinajstić information content (AvgIpc) is 3.17. The quantitative estimate of drug-likeness (QED) is 0.375. The number of nitrogens with zero attached hydrogens (tertiary/aromatic N) is 4. The summed E-state index contributed by atoms with van der Waals surface area (Å²) in [6.07, 6.45) is 0. The Morgan fingerprint density at radius 1 is 0.889 bits per heavy atom. The lowest BCUT2D eigenvalue weighted by Gasteiger charge is -2.08. The van der Waals surface area contributed by atoms with Gasteiger partial charge in [-0.1, -0.05) is 72.4 Å². The SMILES string of the molecule is Cl.c1ccc(-n2nnnc2SCCNCc2cccc3ccccc23)cc1. The molecule has 4 aromatic rings. The number of fused-ring (bicyclic) bond motifs is 1. The van der Waals surface area contributed by atoms with Crippen molar-refractivity contribution in [2.75, 3.05) is 12.3 Å². The minimum atomic E-state index is 0. The maximum atomic E-state index is 4.13. The number of hydrogen-bond donors (Lipinski definition) is 1. The van der Waals surface area contributed by atoms with Crippen LogP contribution in [0.5, 0.6) is 0 Å². The first kappa shape index (κ1) is 19.4. The molecule has 0 spiro atoms. The number of thioether (sulfide) groups is 1. The van der Waals surface area contributed by atoms with Crippen LogP contribution in [0.4, 0.5) is 0 Å². The zero-order valence-electron chi connectivity index (χ0n) is 14.7. The standard InChI is InChI=1S/C20H19N5S.ClH/c1-2-10-18(11-3-1)25-20(22-23-24-25)26-14-13-21-15-17-9-6-8-16-7-4-5-12-19(16)17;/h1-12,21H,13-15H2;1H. The van der Waals surface area contributed by atoms with Crippen molar-refractivity contribution < 1.29 is 0 Å². The highest BCUT2D eigenvalue weighted by Crippen LogP contribution is 2.19. The smallest absolute Gasteiger partial charge is 0.214 e. The summed E-state index contributed by atoms with van der Waals surface area (Å²) in [4.78, 5) is 0. The fourth-order valence-corrected chi connectivity index (χ4v) is 3.67. The molecule has 0 saturated carbocycles. The van der Waals surface area contributed by atoms with Crippen LogP contribution in [-0.2, 0) is 6.54 Å². The second-order valence-electron chi connectivity index (χ2n) is 5.87. The van der Waals surface area contributed by atoms with Crippen molar-refractivity contribution >= 4 is 34.9 Å². The Morgan fingerprint density at radius 3 is 2.56 bits per heavy atom. The van der Waals surface area contributed by atoms with E-state index in [2.05, 4.69) is 63.3 Å². The lowest BCUT2D eigenvalue weighted by atomic mass is 10.0. The normalized spacial score (nSPS) is 10.7. The predicted octanol–water partition coefficient (Wildman–Crippen LogP) is 4.12. The molecule has 4 rings (SSSR count). The molecule has 0 aliphatic heterocycles. The number of rotatable bonds is 7. The van der Waals surface area contributed by atoms with Gasteiger partial charge in [0.2, 0.25) is 5.16 Å². The summed E-state index contributed by atoms with van der Waals surface area (Å²) >= 11 is 1.65. The van der Waals surface area contributed by atoms with E-state index in [1.54, 1.807) is 16.4 Å². The Bertz CT molecular complexity index is 985. The number of tetrazole rings is 1. The van der Waals surface area contributed by atoms with Crippen molar-refractivity contribution in [3.8, 4) is 5.69 Å². The van der Waals surface area contributed by atoms with Crippen LogP contribution in [0.2, 0.25) is 0 Å². The Hall–Kier alpha value is -2.41. The molecule has 0 bridgehead atoms. The molecule has 0 saturated heterocycles. The van der Waals surface area contributed by atoms with E-state index in [0.717, 1.165) is 29.7 Å². The molecule has 7 heteroatoms. The molecule has 1 aromatic heterocycles. The maximum Gasteiger partial charge on any atom is 0.214 e. The van der Waals surface area contributed by atoms with Crippen molar-refractivity contribution in [1.29, 1.82) is 0 Å². The van der Waals surface area contributed by atoms with E-state index in [1.807, 2.05) is 30.3 Å². The topological polar surface area (TPSA) is 55.6 Å². The van der Waals surface area contributed by atoms with E-state index < -0.39 is 0 Å². The van der Waals surface area contributed by atoms with Gasteiger partial charge >= 0.3 is 0 Å². The third kappa shape index (κ3) is 4.66. The monoisotopic (exact) mass is 397 g/mol. The fraction of sp³-hybridized carbons (Fsp3) is 0.150. The molecule has 0 amide bonds. The molecule has 138 valence electrons. The molecule has 3 aromatic carbocycles. The van der Waals surface area contributed by atoms with Gasteiger partial charge in [0.15, 0.2) is 0 Å². The first-order valence-corrected chi connectivity index (χ1v) is 9.54. The van der Waals surface area contributed by atoms with Crippen molar-refractivity contribution in [3.05, 3.63) is 78.4 Å². The fourth-order valence-electron chi connectivity index (χ4n) is 2.88. The predicted molar refractivity (Wildman–Crippen MR) is 113 cm³/mol. The van der Waals surface area contributed by atoms with Crippen LogP contribution in [0.1, 0.15) is 5.56 Å². The van der Waals surface area contributed by atoms with Gasteiger partial charge in [0.1, 0.15) is 0 Å². The molecule has 0 fully saturated rings. The average molecular weight is 398 g/mol. The molecule has 0 unspecified atom stereocenters. The van der Waals surface area contributed by atoms with Gasteiger partial charge < -0.3 is 5.32 Å². The van der Waals surface area contributed by atoms with Gasteiger partial charge in [-0.2, -0.15) is 4.68 Å². The molecule has 0 aliphatic carbocycles. The van der Waals surface area contributed by atoms with E-state index in [-0.39, 0.29) is 12.4 Å². The Kier molecular flexibility index (Phi) is 6.81. The number of para-hydroxylation sites is 1. The van der Waals surface area contributed by atoms with Crippen LogP contribution in [0.3, 0.4) is 0 Å². The second-order valence-corrected chi connectivity index (χ2v) is 6.93. The minimum absolute atomic E-state index is 0. The number of hydrogen-bond acceptors (Lipinski definition) is 5. The summed E-state index contributed by atoms with van der Waals surface area (Å²) in [7, 11) is 0. The molecular weight excluding hydrogens is 378 g/mol. The van der Waals surface area contributed by atoms with Crippen LogP contribution >= 0.6 is 24.2 Å². The van der Waals surface area contributed by atoms with Crippen LogP contribution < -0.4 is 5.32 Å². The van der Waals surface area contributed by atoms with Crippen molar-refractivity contribution in [2.24, 2.45) is 0 Å². The molecule has 27 heavy (non-hydrogen) atoms. The Morgan fingerprint density at radius 2 is 1.67 bits per heavy atom. The highest BCUT2D eigenvalue weighted by Gasteiger charge is 2.08. The van der Waals surface area contributed by atoms with E-state index in [9.17, 15) is 0 Å². The lowest BCUT2D eigenvalue weighted by molar-refractivity contribution is 0.731. The summed E-state index contributed by atoms with van der Waals surface area (Å²) in [6.45, 7) is 1.74.